The van der Waals surface area contributed by atoms with Crippen LogP contribution in [0.15, 0.2) is 6.07 Å². The first kappa shape index (κ1) is 12.7. The average Bonchev–Trinajstić information content (AvgIpc) is 2.55. The minimum Gasteiger partial charge on any atom is -0.326 e. The molecule has 86 valence electrons. The summed E-state index contributed by atoms with van der Waals surface area (Å²) in [5.41, 5.74) is 7.09. The molecule has 0 saturated heterocycles. The standard InChI is InChI=1S/C12H22N2S/c1-5-14(9(2)3)8-11-6-12(7-13)15-10(11)4/h6,9H,5,7-8,13H2,1-4H3. The number of nitrogens with zero attached hydrogens (tertiary/aromatic N) is 1. The van der Waals surface area contributed by atoms with Crippen molar-refractivity contribution >= 4 is 11.3 Å². The number of nitrogens with two attached hydrogens (primary N) is 1. The molecule has 0 atom stereocenters. The van der Waals surface area contributed by atoms with E-state index in [1.54, 1.807) is 0 Å². The number of thiophene rings is 1. The molecule has 0 aliphatic rings. The van der Waals surface area contributed by atoms with Crippen LogP contribution in [0.2, 0.25) is 0 Å². The van der Waals surface area contributed by atoms with Crippen LogP contribution < -0.4 is 5.73 Å². The van der Waals surface area contributed by atoms with Crippen molar-refractivity contribution in [2.75, 3.05) is 6.54 Å². The summed E-state index contributed by atoms with van der Waals surface area (Å²) in [7, 11) is 0. The zero-order valence-corrected chi connectivity index (χ0v) is 11.0. The molecule has 1 heterocycles. The van der Waals surface area contributed by atoms with Crippen molar-refractivity contribution in [2.45, 2.75) is 46.8 Å². The van der Waals surface area contributed by atoms with Crippen LogP contribution in [-0.2, 0) is 13.1 Å². The van der Waals surface area contributed by atoms with Crippen LogP contribution in [-0.4, -0.2) is 17.5 Å². The second-order valence-electron chi connectivity index (χ2n) is 4.16. The topological polar surface area (TPSA) is 29.3 Å². The maximum absolute atomic E-state index is 5.65. The van der Waals surface area contributed by atoms with Crippen molar-refractivity contribution in [3.8, 4) is 0 Å². The van der Waals surface area contributed by atoms with Gasteiger partial charge in [0.25, 0.3) is 0 Å². The second kappa shape index (κ2) is 5.64. The molecule has 0 aromatic carbocycles. The molecule has 3 heteroatoms. The highest BCUT2D eigenvalue weighted by Gasteiger charge is 2.11. The Morgan fingerprint density at radius 1 is 1.47 bits per heavy atom. The maximum Gasteiger partial charge on any atom is 0.0274 e. The van der Waals surface area contributed by atoms with Gasteiger partial charge in [0, 0.05) is 28.9 Å². The first-order valence-electron chi connectivity index (χ1n) is 5.60. The maximum atomic E-state index is 5.65. The summed E-state index contributed by atoms with van der Waals surface area (Å²) in [5, 5.41) is 0. The summed E-state index contributed by atoms with van der Waals surface area (Å²) >= 11 is 1.83. The Balaban J connectivity index is 2.74. The largest absolute Gasteiger partial charge is 0.326 e. The van der Waals surface area contributed by atoms with Gasteiger partial charge in [0.1, 0.15) is 0 Å². The molecule has 1 aromatic rings. The Labute approximate surface area is 97.1 Å². The summed E-state index contributed by atoms with van der Waals surface area (Å²) < 4.78 is 0. The highest BCUT2D eigenvalue weighted by molar-refractivity contribution is 7.12. The average molecular weight is 226 g/mol. The molecule has 0 saturated carbocycles. The van der Waals surface area contributed by atoms with Crippen molar-refractivity contribution in [3.05, 3.63) is 21.4 Å². The third-order valence-corrected chi connectivity index (χ3v) is 3.90. The Morgan fingerprint density at radius 2 is 2.13 bits per heavy atom. The fourth-order valence-corrected chi connectivity index (χ4v) is 2.66. The SMILES string of the molecule is CCN(Cc1cc(CN)sc1C)C(C)C. The lowest BCUT2D eigenvalue weighted by molar-refractivity contribution is 0.225. The van der Waals surface area contributed by atoms with E-state index in [1.807, 2.05) is 11.3 Å². The predicted molar refractivity (Wildman–Crippen MR) is 68.2 cm³/mol. The zero-order valence-electron chi connectivity index (χ0n) is 10.2. The van der Waals surface area contributed by atoms with Gasteiger partial charge < -0.3 is 5.73 Å². The predicted octanol–water partition coefficient (Wildman–Crippen LogP) is 2.75. The van der Waals surface area contributed by atoms with Crippen LogP contribution in [0.3, 0.4) is 0 Å². The molecule has 2 N–H and O–H groups in total. The fourth-order valence-electron chi connectivity index (χ4n) is 1.72. The molecular formula is C12H22N2S. The van der Waals surface area contributed by atoms with Crippen LogP contribution in [0.4, 0.5) is 0 Å². The Kier molecular flexibility index (Phi) is 4.77. The zero-order chi connectivity index (χ0) is 11.4. The van der Waals surface area contributed by atoms with Crippen LogP contribution in [0, 0.1) is 6.92 Å². The Bertz CT molecular complexity index is 305. The summed E-state index contributed by atoms with van der Waals surface area (Å²) in [6.45, 7) is 11.7. The van der Waals surface area contributed by atoms with Gasteiger partial charge in [0.05, 0.1) is 0 Å². The lowest BCUT2D eigenvalue weighted by Gasteiger charge is -2.24. The number of aryl methyl sites for hydroxylation is 1. The van der Waals surface area contributed by atoms with E-state index in [1.165, 1.54) is 15.3 Å². The first-order valence-corrected chi connectivity index (χ1v) is 6.42. The molecule has 0 bridgehead atoms. The molecule has 15 heavy (non-hydrogen) atoms. The fraction of sp³-hybridized carbons (Fsp3) is 0.667. The minimum absolute atomic E-state index is 0.607. The van der Waals surface area contributed by atoms with Gasteiger partial charge in [-0.2, -0.15) is 0 Å². The van der Waals surface area contributed by atoms with Gasteiger partial charge in [-0.3, -0.25) is 4.90 Å². The second-order valence-corrected chi connectivity index (χ2v) is 5.50. The van der Waals surface area contributed by atoms with Crippen molar-refractivity contribution in [1.82, 2.24) is 4.90 Å². The summed E-state index contributed by atoms with van der Waals surface area (Å²) in [4.78, 5) is 5.17. The third-order valence-electron chi connectivity index (χ3n) is 2.78. The van der Waals surface area contributed by atoms with E-state index in [0.717, 1.165) is 13.1 Å². The van der Waals surface area contributed by atoms with Gasteiger partial charge in [-0.25, -0.2) is 0 Å². The van der Waals surface area contributed by atoms with Crippen molar-refractivity contribution in [3.63, 3.8) is 0 Å². The van der Waals surface area contributed by atoms with Crippen molar-refractivity contribution in [2.24, 2.45) is 5.73 Å². The minimum atomic E-state index is 0.607. The van der Waals surface area contributed by atoms with Crippen LogP contribution in [0.5, 0.6) is 0 Å². The molecule has 0 spiro atoms. The molecule has 2 nitrogen and oxygen atoms in total. The monoisotopic (exact) mass is 226 g/mol. The van der Waals surface area contributed by atoms with Crippen molar-refractivity contribution < 1.29 is 0 Å². The molecule has 0 unspecified atom stereocenters. The van der Waals surface area contributed by atoms with Crippen LogP contribution in [0.25, 0.3) is 0 Å². The van der Waals surface area contributed by atoms with Gasteiger partial charge in [-0.05, 0) is 38.9 Å². The van der Waals surface area contributed by atoms with Gasteiger partial charge in [0.2, 0.25) is 0 Å². The van der Waals surface area contributed by atoms with Crippen LogP contribution in [0.1, 0.15) is 36.1 Å². The molecular weight excluding hydrogens is 204 g/mol. The molecule has 0 amide bonds. The van der Waals surface area contributed by atoms with Gasteiger partial charge in [-0.15, -0.1) is 11.3 Å². The van der Waals surface area contributed by atoms with E-state index in [4.69, 9.17) is 5.73 Å². The van der Waals surface area contributed by atoms with Gasteiger partial charge in [-0.1, -0.05) is 6.92 Å². The normalized spacial score (nSPS) is 11.7. The van der Waals surface area contributed by atoms with E-state index in [0.29, 0.717) is 12.6 Å². The Morgan fingerprint density at radius 3 is 2.53 bits per heavy atom. The van der Waals surface area contributed by atoms with E-state index >= 15 is 0 Å². The molecule has 0 aliphatic carbocycles. The number of hydrogen-bond acceptors (Lipinski definition) is 3. The molecule has 0 radical (unpaired) electrons. The molecule has 0 aliphatic heterocycles. The smallest absolute Gasteiger partial charge is 0.0274 e. The third kappa shape index (κ3) is 3.30. The van der Waals surface area contributed by atoms with E-state index < -0.39 is 0 Å². The summed E-state index contributed by atoms with van der Waals surface area (Å²) in [6.07, 6.45) is 0. The van der Waals surface area contributed by atoms with E-state index in [-0.39, 0.29) is 0 Å². The van der Waals surface area contributed by atoms with Gasteiger partial charge in [0.15, 0.2) is 0 Å². The number of hydrogen-bond donors (Lipinski definition) is 1. The molecule has 1 aromatic heterocycles. The lowest BCUT2D eigenvalue weighted by atomic mass is 10.2. The number of rotatable bonds is 5. The highest BCUT2D eigenvalue weighted by Crippen LogP contribution is 2.23. The highest BCUT2D eigenvalue weighted by atomic mass is 32.1. The van der Waals surface area contributed by atoms with Crippen molar-refractivity contribution in [1.29, 1.82) is 0 Å². The summed E-state index contributed by atoms with van der Waals surface area (Å²) in [5.74, 6) is 0. The van der Waals surface area contributed by atoms with E-state index in [9.17, 15) is 0 Å². The quantitative estimate of drug-likeness (QED) is 0.836. The van der Waals surface area contributed by atoms with Gasteiger partial charge >= 0.3 is 0 Å². The van der Waals surface area contributed by atoms with E-state index in [2.05, 4.69) is 38.7 Å². The Hall–Kier alpha value is -0.380. The molecule has 1 rings (SSSR count). The van der Waals surface area contributed by atoms with Crippen LogP contribution >= 0.6 is 11.3 Å². The summed E-state index contributed by atoms with van der Waals surface area (Å²) in [6, 6.07) is 2.86. The lowest BCUT2D eigenvalue weighted by Crippen LogP contribution is -2.29. The molecule has 0 fully saturated rings. The first-order chi connectivity index (χ1) is 7.08.